The molecule has 0 aliphatic heterocycles. The van der Waals surface area contributed by atoms with Crippen molar-refractivity contribution < 1.29 is 19.7 Å². The molecule has 3 N–H and O–H groups in total. The van der Waals surface area contributed by atoms with E-state index in [1.165, 1.54) is 0 Å². The van der Waals surface area contributed by atoms with Gasteiger partial charge in [0.2, 0.25) is 0 Å². The Hall–Kier alpha value is -1.30. The number of hydrogen-bond acceptors (Lipinski definition) is 4. The third-order valence-corrected chi connectivity index (χ3v) is 2.97. The van der Waals surface area contributed by atoms with E-state index >= 15 is 0 Å². The minimum Gasteiger partial charge on any atom is -0.444 e. The van der Waals surface area contributed by atoms with Crippen molar-refractivity contribution in [1.82, 2.24) is 5.32 Å². The standard InChI is InChI=1S/C15H22ClNO4/c1-15(2,3)21-14(20)17-9-10-5-4-6-11(7-10)13(19)12(18)8-16/h4-7,12-13,18-19H,8-9H2,1-3H3,(H,17,20). The van der Waals surface area contributed by atoms with Crippen molar-refractivity contribution in [3.63, 3.8) is 0 Å². The van der Waals surface area contributed by atoms with E-state index in [1.54, 1.807) is 45.0 Å². The van der Waals surface area contributed by atoms with Gasteiger partial charge in [0.1, 0.15) is 11.7 Å². The molecular weight excluding hydrogens is 294 g/mol. The molecule has 5 nitrogen and oxygen atoms in total. The average Bonchev–Trinajstić information content (AvgIpc) is 2.42. The van der Waals surface area contributed by atoms with Gasteiger partial charge in [0.15, 0.2) is 0 Å². The number of alkyl halides is 1. The number of aliphatic hydroxyl groups is 2. The summed E-state index contributed by atoms with van der Waals surface area (Å²) >= 11 is 5.52. The molecule has 0 saturated carbocycles. The van der Waals surface area contributed by atoms with Crippen LogP contribution in [0.2, 0.25) is 0 Å². The molecule has 0 spiro atoms. The zero-order valence-electron chi connectivity index (χ0n) is 12.5. The fourth-order valence-electron chi connectivity index (χ4n) is 1.68. The van der Waals surface area contributed by atoms with Gasteiger partial charge in [0.25, 0.3) is 0 Å². The van der Waals surface area contributed by atoms with Gasteiger partial charge in [-0.3, -0.25) is 0 Å². The van der Waals surface area contributed by atoms with Gasteiger partial charge in [0.05, 0.1) is 12.0 Å². The lowest BCUT2D eigenvalue weighted by molar-refractivity contribution is 0.0326. The molecule has 21 heavy (non-hydrogen) atoms. The lowest BCUT2D eigenvalue weighted by Gasteiger charge is -2.20. The summed E-state index contributed by atoms with van der Waals surface area (Å²) in [4.78, 5) is 11.6. The van der Waals surface area contributed by atoms with E-state index in [0.717, 1.165) is 5.56 Å². The van der Waals surface area contributed by atoms with Crippen LogP contribution >= 0.6 is 11.6 Å². The topological polar surface area (TPSA) is 78.8 Å². The lowest BCUT2D eigenvalue weighted by atomic mass is 10.0. The maximum atomic E-state index is 11.6. The van der Waals surface area contributed by atoms with Gasteiger partial charge >= 0.3 is 6.09 Å². The van der Waals surface area contributed by atoms with E-state index in [9.17, 15) is 15.0 Å². The normalized spacial score (nSPS) is 14.4. The Balaban J connectivity index is 2.63. The number of alkyl carbamates (subject to hydrolysis) is 1. The zero-order valence-corrected chi connectivity index (χ0v) is 13.2. The van der Waals surface area contributed by atoms with E-state index in [2.05, 4.69) is 5.32 Å². The van der Waals surface area contributed by atoms with Crippen molar-refractivity contribution in [3.8, 4) is 0 Å². The second-order valence-electron chi connectivity index (χ2n) is 5.77. The molecule has 1 aromatic carbocycles. The van der Waals surface area contributed by atoms with Crippen LogP contribution in [0.15, 0.2) is 24.3 Å². The molecule has 0 aliphatic rings. The molecule has 0 heterocycles. The van der Waals surface area contributed by atoms with Crippen LogP contribution in [0.1, 0.15) is 38.0 Å². The van der Waals surface area contributed by atoms with Crippen LogP contribution in [0.3, 0.4) is 0 Å². The molecule has 0 fully saturated rings. The van der Waals surface area contributed by atoms with Gasteiger partial charge in [-0.25, -0.2) is 4.79 Å². The summed E-state index contributed by atoms with van der Waals surface area (Å²) < 4.78 is 5.14. The zero-order chi connectivity index (χ0) is 16.0. The number of aliphatic hydroxyl groups excluding tert-OH is 2. The third-order valence-electron chi connectivity index (χ3n) is 2.65. The van der Waals surface area contributed by atoms with E-state index < -0.39 is 23.9 Å². The number of benzene rings is 1. The molecule has 6 heteroatoms. The van der Waals surface area contributed by atoms with E-state index in [4.69, 9.17) is 16.3 Å². The van der Waals surface area contributed by atoms with Gasteiger partial charge in [-0.15, -0.1) is 11.6 Å². The summed E-state index contributed by atoms with van der Waals surface area (Å²) in [6, 6.07) is 6.95. The first-order valence-corrected chi connectivity index (χ1v) is 7.24. The van der Waals surface area contributed by atoms with Crippen LogP contribution in [-0.4, -0.2) is 33.9 Å². The average molecular weight is 316 g/mol. The highest BCUT2D eigenvalue weighted by molar-refractivity contribution is 6.18. The molecule has 118 valence electrons. The Morgan fingerprint density at radius 1 is 1.38 bits per heavy atom. The second-order valence-corrected chi connectivity index (χ2v) is 6.08. The molecule has 1 aromatic rings. The fourth-order valence-corrected chi connectivity index (χ4v) is 1.85. The summed E-state index contributed by atoms with van der Waals surface area (Å²) in [7, 11) is 0. The van der Waals surface area contributed by atoms with Crippen LogP contribution in [-0.2, 0) is 11.3 Å². The summed E-state index contributed by atoms with van der Waals surface area (Å²) in [5.74, 6) is -0.0540. The van der Waals surface area contributed by atoms with E-state index in [-0.39, 0.29) is 12.4 Å². The number of carbonyl (C=O) groups is 1. The van der Waals surface area contributed by atoms with Crippen LogP contribution < -0.4 is 5.32 Å². The Morgan fingerprint density at radius 3 is 2.62 bits per heavy atom. The number of rotatable bonds is 5. The number of hydrogen-bond donors (Lipinski definition) is 3. The van der Waals surface area contributed by atoms with Gasteiger partial charge in [-0.05, 0) is 31.9 Å². The molecule has 0 aliphatic carbocycles. The summed E-state index contributed by atoms with van der Waals surface area (Å²) in [5, 5.41) is 22.1. The number of halogens is 1. The van der Waals surface area contributed by atoms with Crippen LogP contribution in [0.25, 0.3) is 0 Å². The maximum absolute atomic E-state index is 11.6. The predicted octanol–water partition coefficient (Wildman–Crippen LogP) is 2.34. The third kappa shape index (κ3) is 6.33. The van der Waals surface area contributed by atoms with E-state index in [0.29, 0.717) is 5.56 Å². The first kappa shape index (κ1) is 17.8. The van der Waals surface area contributed by atoms with Gasteiger partial charge < -0.3 is 20.3 Å². The Bertz CT molecular complexity index is 473. The summed E-state index contributed by atoms with van der Waals surface area (Å²) in [5.41, 5.74) is 0.790. The SMILES string of the molecule is CC(C)(C)OC(=O)NCc1cccc(C(O)C(O)CCl)c1. The Labute approximate surface area is 129 Å². The van der Waals surface area contributed by atoms with Gasteiger partial charge in [-0.2, -0.15) is 0 Å². The van der Waals surface area contributed by atoms with Crippen molar-refractivity contribution in [2.24, 2.45) is 0 Å². The van der Waals surface area contributed by atoms with Crippen molar-refractivity contribution in [1.29, 1.82) is 0 Å². The quantitative estimate of drug-likeness (QED) is 0.729. The lowest BCUT2D eigenvalue weighted by Crippen LogP contribution is -2.32. The molecule has 1 rings (SSSR count). The highest BCUT2D eigenvalue weighted by Gasteiger charge is 2.18. The van der Waals surface area contributed by atoms with Crippen molar-refractivity contribution in [3.05, 3.63) is 35.4 Å². The van der Waals surface area contributed by atoms with Gasteiger partial charge in [0, 0.05) is 6.54 Å². The van der Waals surface area contributed by atoms with Crippen molar-refractivity contribution >= 4 is 17.7 Å². The fraction of sp³-hybridized carbons (Fsp3) is 0.533. The highest BCUT2D eigenvalue weighted by atomic mass is 35.5. The predicted molar refractivity (Wildman–Crippen MR) is 81.2 cm³/mol. The highest BCUT2D eigenvalue weighted by Crippen LogP contribution is 2.19. The minimum absolute atomic E-state index is 0.0540. The second kappa shape index (κ2) is 7.64. The number of nitrogens with one attached hydrogen (secondary N) is 1. The number of carbonyl (C=O) groups excluding carboxylic acids is 1. The Morgan fingerprint density at radius 2 is 2.05 bits per heavy atom. The van der Waals surface area contributed by atoms with Gasteiger partial charge in [-0.1, -0.05) is 24.3 Å². The smallest absolute Gasteiger partial charge is 0.407 e. The first-order chi connectivity index (χ1) is 9.73. The number of ether oxygens (including phenoxy) is 1. The molecule has 2 atom stereocenters. The molecule has 0 radical (unpaired) electrons. The summed E-state index contributed by atoms with van der Waals surface area (Å²) in [6.45, 7) is 5.64. The molecule has 2 unspecified atom stereocenters. The molecular formula is C15H22ClNO4. The number of amides is 1. The monoisotopic (exact) mass is 315 g/mol. The molecule has 0 bridgehead atoms. The largest absolute Gasteiger partial charge is 0.444 e. The van der Waals surface area contributed by atoms with E-state index in [1.807, 2.05) is 0 Å². The summed E-state index contributed by atoms with van der Waals surface area (Å²) in [6.07, 6.45) is -2.58. The minimum atomic E-state index is -1.05. The van der Waals surface area contributed by atoms with Crippen LogP contribution in [0.5, 0.6) is 0 Å². The first-order valence-electron chi connectivity index (χ1n) is 6.70. The molecule has 0 saturated heterocycles. The van der Waals surface area contributed by atoms with Crippen molar-refractivity contribution in [2.45, 2.75) is 45.1 Å². The van der Waals surface area contributed by atoms with Crippen LogP contribution in [0.4, 0.5) is 4.79 Å². The van der Waals surface area contributed by atoms with Crippen LogP contribution in [0, 0.1) is 0 Å². The molecule has 1 amide bonds. The Kier molecular flexibility index (Phi) is 6.45. The molecule has 0 aromatic heterocycles. The maximum Gasteiger partial charge on any atom is 0.407 e. The van der Waals surface area contributed by atoms with Crippen molar-refractivity contribution in [2.75, 3.05) is 5.88 Å².